The number of benzene rings is 2. The molecule has 2 aliphatic rings. The third-order valence-electron chi connectivity index (χ3n) is 6.23. The minimum atomic E-state index is -0.633. The molecule has 0 N–H and O–H groups in total. The smallest absolute Gasteiger partial charge is 0.328 e. The number of fused-ring (bicyclic) bond motifs is 1. The van der Waals surface area contributed by atoms with E-state index in [2.05, 4.69) is 0 Å². The number of rotatable bonds is 3. The Labute approximate surface area is 180 Å². The predicted molar refractivity (Wildman–Crippen MR) is 112 cm³/mol. The van der Waals surface area contributed by atoms with Crippen LogP contribution in [-0.4, -0.2) is 53.8 Å². The second kappa shape index (κ2) is 8.88. The lowest BCUT2D eigenvalue weighted by Gasteiger charge is -2.39. The van der Waals surface area contributed by atoms with E-state index in [1.165, 1.54) is 31.4 Å². The summed E-state index contributed by atoms with van der Waals surface area (Å²) >= 11 is 0. The number of hydrogen-bond donors (Lipinski definition) is 0. The molecule has 2 amide bonds. The van der Waals surface area contributed by atoms with Gasteiger partial charge in [0.2, 0.25) is 5.91 Å². The Morgan fingerprint density at radius 2 is 1.61 bits per heavy atom. The van der Waals surface area contributed by atoms with Gasteiger partial charge in [0.25, 0.3) is 5.91 Å². The van der Waals surface area contributed by atoms with Crippen LogP contribution in [0.2, 0.25) is 0 Å². The maximum atomic E-state index is 13.4. The van der Waals surface area contributed by atoms with Crippen molar-refractivity contribution in [2.45, 2.75) is 31.8 Å². The van der Waals surface area contributed by atoms with Gasteiger partial charge in [-0.1, -0.05) is 24.3 Å². The molecule has 1 fully saturated rings. The quantitative estimate of drug-likeness (QED) is 0.711. The average molecular weight is 424 g/mol. The molecule has 7 heteroatoms. The number of amides is 2. The summed E-state index contributed by atoms with van der Waals surface area (Å²) in [7, 11) is 1.34. The van der Waals surface area contributed by atoms with Gasteiger partial charge in [-0.3, -0.25) is 9.59 Å². The highest BCUT2D eigenvalue weighted by Crippen LogP contribution is 2.29. The summed E-state index contributed by atoms with van der Waals surface area (Å²) in [5.74, 6) is -1.28. The zero-order chi connectivity index (χ0) is 22.0. The molecular formula is C24H25FN2O4. The topological polar surface area (TPSA) is 66.9 Å². The second-order valence-corrected chi connectivity index (χ2v) is 8.05. The van der Waals surface area contributed by atoms with Gasteiger partial charge in [-0.2, -0.15) is 0 Å². The molecule has 162 valence electrons. The fourth-order valence-corrected chi connectivity index (χ4v) is 4.44. The lowest BCUT2D eigenvalue weighted by Crippen LogP contribution is -2.52. The molecular weight excluding hydrogens is 399 g/mol. The maximum absolute atomic E-state index is 13.4. The fraction of sp³-hybridized carbons (Fsp3) is 0.375. The zero-order valence-electron chi connectivity index (χ0n) is 17.4. The third-order valence-corrected chi connectivity index (χ3v) is 6.23. The summed E-state index contributed by atoms with van der Waals surface area (Å²) in [5.41, 5.74) is 2.53. The van der Waals surface area contributed by atoms with Crippen molar-refractivity contribution < 1.29 is 23.5 Å². The van der Waals surface area contributed by atoms with E-state index in [9.17, 15) is 18.8 Å². The van der Waals surface area contributed by atoms with Gasteiger partial charge in [0.1, 0.15) is 11.9 Å². The molecule has 6 nitrogen and oxygen atoms in total. The van der Waals surface area contributed by atoms with Gasteiger partial charge in [-0.15, -0.1) is 0 Å². The Morgan fingerprint density at radius 3 is 2.26 bits per heavy atom. The molecule has 1 saturated heterocycles. The van der Waals surface area contributed by atoms with Crippen LogP contribution in [0.25, 0.3) is 0 Å². The van der Waals surface area contributed by atoms with E-state index in [0.717, 1.165) is 11.1 Å². The zero-order valence-corrected chi connectivity index (χ0v) is 17.4. The van der Waals surface area contributed by atoms with Crippen LogP contribution in [0.1, 0.15) is 34.3 Å². The number of likely N-dealkylation sites (tertiary alicyclic amines) is 1. The van der Waals surface area contributed by atoms with Crippen molar-refractivity contribution in [2.75, 3.05) is 20.2 Å². The summed E-state index contributed by atoms with van der Waals surface area (Å²) in [6.45, 7) is 1.27. The van der Waals surface area contributed by atoms with Crippen LogP contribution in [0.5, 0.6) is 0 Å². The number of piperidine rings is 1. The third kappa shape index (κ3) is 4.31. The minimum Gasteiger partial charge on any atom is -0.467 e. The highest BCUT2D eigenvalue weighted by atomic mass is 19.1. The molecule has 2 aromatic rings. The Bertz CT molecular complexity index is 983. The Kier molecular flexibility index (Phi) is 6.02. The van der Waals surface area contributed by atoms with Gasteiger partial charge in [0.15, 0.2) is 0 Å². The summed E-state index contributed by atoms with van der Waals surface area (Å²) in [4.78, 5) is 41.7. The maximum Gasteiger partial charge on any atom is 0.328 e. The van der Waals surface area contributed by atoms with Gasteiger partial charge in [-0.05, 0) is 48.2 Å². The van der Waals surface area contributed by atoms with Crippen LogP contribution in [0.3, 0.4) is 0 Å². The Balaban J connectivity index is 1.44. The molecule has 31 heavy (non-hydrogen) atoms. The predicted octanol–water partition coefficient (Wildman–Crippen LogP) is 2.80. The molecule has 1 atom stereocenters. The van der Waals surface area contributed by atoms with Crippen molar-refractivity contribution in [3.8, 4) is 0 Å². The van der Waals surface area contributed by atoms with Crippen LogP contribution >= 0.6 is 0 Å². The number of nitrogens with zero attached hydrogens (tertiary/aromatic N) is 2. The molecule has 2 aromatic carbocycles. The highest BCUT2D eigenvalue weighted by molar-refractivity contribution is 5.94. The van der Waals surface area contributed by atoms with E-state index in [4.69, 9.17) is 4.74 Å². The molecule has 2 aliphatic heterocycles. The van der Waals surface area contributed by atoms with Crippen LogP contribution in [-0.2, 0) is 27.3 Å². The Hall–Kier alpha value is -3.22. The normalized spacial score (nSPS) is 19.0. The molecule has 0 saturated carbocycles. The van der Waals surface area contributed by atoms with Gasteiger partial charge in [-0.25, -0.2) is 9.18 Å². The van der Waals surface area contributed by atoms with E-state index in [0.29, 0.717) is 44.5 Å². The van der Waals surface area contributed by atoms with E-state index in [1.807, 2.05) is 24.3 Å². The summed E-state index contributed by atoms with van der Waals surface area (Å²) < 4.78 is 18.1. The van der Waals surface area contributed by atoms with Gasteiger partial charge in [0, 0.05) is 37.5 Å². The van der Waals surface area contributed by atoms with Gasteiger partial charge < -0.3 is 14.5 Å². The van der Waals surface area contributed by atoms with E-state index in [1.54, 1.807) is 9.80 Å². The van der Waals surface area contributed by atoms with Gasteiger partial charge in [0.05, 0.1) is 7.11 Å². The van der Waals surface area contributed by atoms with E-state index < -0.39 is 12.0 Å². The lowest BCUT2D eigenvalue weighted by molar-refractivity contribution is -0.156. The molecule has 2 heterocycles. The molecule has 4 rings (SSSR count). The van der Waals surface area contributed by atoms with Crippen molar-refractivity contribution in [1.29, 1.82) is 0 Å². The summed E-state index contributed by atoms with van der Waals surface area (Å²) in [6, 6.07) is 12.7. The van der Waals surface area contributed by atoms with Crippen molar-refractivity contribution >= 4 is 17.8 Å². The van der Waals surface area contributed by atoms with Crippen molar-refractivity contribution in [3.05, 3.63) is 71.0 Å². The van der Waals surface area contributed by atoms with Crippen molar-refractivity contribution in [2.24, 2.45) is 5.92 Å². The van der Waals surface area contributed by atoms with Crippen molar-refractivity contribution in [1.82, 2.24) is 9.80 Å². The standard InChI is InChI=1S/C24H25FN2O4/c1-31-24(30)21-14-18-4-2-3-5-19(18)15-27(21)23(29)17-10-12-26(13-11-17)22(28)16-6-8-20(25)9-7-16/h2-9,17,21H,10-15H2,1H3. The number of halogens is 1. The molecule has 0 aromatic heterocycles. The molecule has 0 spiro atoms. The number of ether oxygens (including phenoxy) is 1. The lowest BCUT2D eigenvalue weighted by atomic mass is 9.89. The summed E-state index contributed by atoms with van der Waals surface area (Å²) in [6.07, 6.45) is 1.49. The monoisotopic (exact) mass is 424 g/mol. The first-order valence-corrected chi connectivity index (χ1v) is 10.5. The SMILES string of the molecule is COC(=O)C1Cc2ccccc2CN1C(=O)C1CCN(C(=O)c2ccc(F)cc2)CC1. The molecule has 0 aliphatic carbocycles. The van der Waals surface area contributed by atoms with E-state index in [-0.39, 0.29) is 23.5 Å². The molecule has 0 bridgehead atoms. The van der Waals surface area contributed by atoms with Crippen LogP contribution in [0.4, 0.5) is 4.39 Å². The number of esters is 1. The number of carbonyl (C=O) groups is 3. The first-order chi connectivity index (χ1) is 15.0. The first kappa shape index (κ1) is 21.0. The Morgan fingerprint density at radius 1 is 0.968 bits per heavy atom. The minimum absolute atomic E-state index is 0.0706. The second-order valence-electron chi connectivity index (χ2n) is 8.05. The summed E-state index contributed by atoms with van der Waals surface area (Å²) in [5, 5.41) is 0. The largest absolute Gasteiger partial charge is 0.467 e. The average Bonchev–Trinajstić information content (AvgIpc) is 2.82. The molecule has 0 radical (unpaired) electrons. The number of hydrogen-bond acceptors (Lipinski definition) is 4. The van der Waals surface area contributed by atoms with E-state index >= 15 is 0 Å². The van der Waals surface area contributed by atoms with Crippen LogP contribution < -0.4 is 0 Å². The van der Waals surface area contributed by atoms with Crippen LogP contribution in [0.15, 0.2) is 48.5 Å². The fourth-order valence-electron chi connectivity index (χ4n) is 4.44. The number of methoxy groups -OCH3 is 1. The highest BCUT2D eigenvalue weighted by Gasteiger charge is 2.39. The van der Waals surface area contributed by atoms with Crippen LogP contribution in [0, 0.1) is 11.7 Å². The van der Waals surface area contributed by atoms with Crippen molar-refractivity contribution in [3.63, 3.8) is 0 Å². The molecule has 1 unspecified atom stereocenters. The number of carbonyl (C=O) groups excluding carboxylic acids is 3. The van der Waals surface area contributed by atoms with Gasteiger partial charge >= 0.3 is 5.97 Å². The first-order valence-electron chi connectivity index (χ1n) is 10.5.